The minimum Gasteiger partial charge on any atom is -0.461 e. The van der Waals surface area contributed by atoms with E-state index >= 15 is 0 Å². The number of nitrogens with zero attached hydrogens (tertiary/aromatic N) is 4. The molecule has 0 aliphatic carbocycles. The molecular formula is C17H16ClFN4O2. The van der Waals surface area contributed by atoms with Crippen LogP contribution >= 0.6 is 11.6 Å². The van der Waals surface area contributed by atoms with Gasteiger partial charge in [-0.3, -0.25) is 0 Å². The lowest BCUT2D eigenvalue weighted by Gasteiger charge is -2.22. The molecule has 25 heavy (non-hydrogen) atoms. The third-order valence-corrected chi connectivity index (χ3v) is 3.92. The second-order valence-corrected chi connectivity index (χ2v) is 5.81. The molecule has 0 saturated heterocycles. The van der Waals surface area contributed by atoms with Gasteiger partial charge in [0.05, 0.1) is 12.3 Å². The van der Waals surface area contributed by atoms with Crippen LogP contribution in [0.3, 0.4) is 0 Å². The Bertz CT molecular complexity index is 937. The van der Waals surface area contributed by atoms with E-state index in [0.717, 1.165) is 5.56 Å². The second kappa shape index (κ2) is 6.68. The van der Waals surface area contributed by atoms with Crippen molar-refractivity contribution in [3.8, 4) is 0 Å². The summed E-state index contributed by atoms with van der Waals surface area (Å²) in [5.74, 6) is -0.458. The molecule has 0 aliphatic rings. The predicted octanol–water partition coefficient (Wildman–Crippen LogP) is 3.77. The molecular weight excluding hydrogens is 347 g/mol. The monoisotopic (exact) mass is 362 g/mol. The molecule has 130 valence electrons. The van der Waals surface area contributed by atoms with Crippen molar-refractivity contribution in [1.82, 2.24) is 14.6 Å². The first-order valence-corrected chi connectivity index (χ1v) is 8.02. The molecule has 0 atom stereocenters. The first-order valence-electron chi connectivity index (χ1n) is 7.64. The normalized spacial score (nSPS) is 10.9. The average molecular weight is 363 g/mol. The quantitative estimate of drug-likeness (QED) is 0.522. The Morgan fingerprint density at radius 2 is 2.16 bits per heavy atom. The lowest BCUT2D eigenvalue weighted by Crippen LogP contribution is -2.17. The SMILES string of the molecule is CCOC(=O)c1cc2nc(Cl)cc(N(C)c3c(C)cccc3F)n2n1. The van der Waals surface area contributed by atoms with Crippen LogP contribution in [0.4, 0.5) is 15.9 Å². The number of fused-ring (bicyclic) bond motifs is 1. The maximum Gasteiger partial charge on any atom is 0.358 e. The van der Waals surface area contributed by atoms with Gasteiger partial charge in [-0.15, -0.1) is 0 Å². The zero-order valence-corrected chi connectivity index (χ0v) is 14.7. The van der Waals surface area contributed by atoms with E-state index in [4.69, 9.17) is 16.3 Å². The number of hydrogen-bond donors (Lipinski definition) is 0. The molecule has 0 N–H and O–H groups in total. The highest BCUT2D eigenvalue weighted by molar-refractivity contribution is 6.29. The van der Waals surface area contributed by atoms with Gasteiger partial charge in [0.2, 0.25) is 0 Å². The van der Waals surface area contributed by atoms with E-state index in [9.17, 15) is 9.18 Å². The summed E-state index contributed by atoms with van der Waals surface area (Å²) in [5, 5.41) is 4.44. The maximum atomic E-state index is 14.3. The average Bonchev–Trinajstić information content (AvgIpc) is 2.98. The fourth-order valence-corrected chi connectivity index (χ4v) is 2.82. The number of carbonyl (C=O) groups excluding carboxylic acids is 1. The number of benzene rings is 1. The summed E-state index contributed by atoms with van der Waals surface area (Å²) in [5.41, 5.74) is 1.61. The van der Waals surface area contributed by atoms with Gasteiger partial charge in [0, 0.05) is 19.2 Å². The first-order chi connectivity index (χ1) is 11.9. The van der Waals surface area contributed by atoms with Gasteiger partial charge < -0.3 is 9.64 Å². The molecule has 3 aromatic rings. The molecule has 0 bridgehead atoms. The van der Waals surface area contributed by atoms with Crippen LogP contribution in [0, 0.1) is 12.7 Å². The number of halogens is 2. The van der Waals surface area contributed by atoms with Crippen molar-refractivity contribution in [3.05, 3.63) is 52.6 Å². The zero-order valence-electron chi connectivity index (χ0n) is 14.0. The number of anilines is 2. The van der Waals surface area contributed by atoms with Crippen molar-refractivity contribution in [2.45, 2.75) is 13.8 Å². The lowest BCUT2D eigenvalue weighted by atomic mass is 10.2. The van der Waals surface area contributed by atoms with Gasteiger partial charge in [-0.1, -0.05) is 23.7 Å². The Balaban J connectivity index is 2.16. The summed E-state index contributed by atoms with van der Waals surface area (Å²) >= 11 is 6.10. The number of hydrogen-bond acceptors (Lipinski definition) is 5. The number of aryl methyl sites for hydroxylation is 1. The highest BCUT2D eigenvalue weighted by Crippen LogP contribution is 2.31. The molecule has 1 aromatic carbocycles. The number of ether oxygens (including phenoxy) is 1. The van der Waals surface area contributed by atoms with Crippen LogP contribution in [0.2, 0.25) is 5.15 Å². The van der Waals surface area contributed by atoms with Crippen molar-refractivity contribution in [1.29, 1.82) is 0 Å². The predicted molar refractivity (Wildman–Crippen MR) is 93.2 cm³/mol. The van der Waals surface area contributed by atoms with Gasteiger partial charge in [0.25, 0.3) is 0 Å². The van der Waals surface area contributed by atoms with Crippen molar-refractivity contribution in [2.24, 2.45) is 0 Å². The Kier molecular flexibility index (Phi) is 4.59. The fourth-order valence-electron chi connectivity index (χ4n) is 2.64. The van der Waals surface area contributed by atoms with Gasteiger partial charge in [0.15, 0.2) is 11.3 Å². The number of esters is 1. The van der Waals surface area contributed by atoms with Crippen molar-refractivity contribution in [3.63, 3.8) is 0 Å². The summed E-state index contributed by atoms with van der Waals surface area (Å²) in [6.07, 6.45) is 0. The summed E-state index contributed by atoms with van der Waals surface area (Å²) in [6, 6.07) is 7.87. The molecule has 0 amide bonds. The van der Waals surface area contributed by atoms with Crippen LogP contribution in [-0.2, 0) is 4.74 Å². The van der Waals surface area contributed by atoms with Crippen LogP contribution < -0.4 is 4.90 Å². The number of rotatable bonds is 4. The lowest BCUT2D eigenvalue weighted by molar-refractivity contribution is 0.0519. The second-order valence-electron chi connectivity index (χ2n) is 5.42. The molecule has 2 aromatic heterocycles. The number of aromatic nitrogens is 3. The third-order valence-electron chi connectivity index (χ3n) is 3.73. The van der Waals surface area contributed by atoms with Crippen LogP contribution in [0.25, 0.3) is 5.65 Å². The smallest absolute Gasteiger partial charge is 0.358 e. The van der Waals surface area contributed by atoms with E-state index in [1.165, 1.54) is 16.6 Å². The van der Waals surface area contributed by atoms with Crippen molar-refractivity contribution < 1.29 is 13.9 Å². The molecule has 0 aliphatic heterocycles. The van der Waals surface area contributed by atoms with E-state index in [0.29, 0.717) is 17.2 Å². The van der Waals surface area contributed by atoms with E-state index in [2.05, 4.69) is 10.1 Å². The topological polar surface area (TPSA) is 59.7 Å². The van der Waals surface area contributed by atoms with Gasteiger partial charge in [-0.05, 0) is 25.5 Å². The minimum atomic E-state index is -0.556. The maximum absolute atomic E-state index is 14.3. The summed E-state index contributed by atoms with van der Waals surface area (Å²) < 4.78 is 20.7. The van der Waals surface area contributed by atoms with Crippen molar-refractivity contribution >= 4 is 34.7 Å². The van der Waals surface area contributed by atoms with Crippen LogP contribution in [-0.4, -0.2) is 34.2 Å². The van der Waals surface area contributed by atoms with Gasteiger partial charge in [-0.2, -0.15) is 9.61 Å². The highest BCUT2D eigenvalue weighted by Gasteiger charge is 2.20. The van der Waals surface area contributed by atoms with Crippen LogP contribution in [0.5, 0.6) is 0 Å². The molecule has 8 heteroatoms. The van der Waals surface area contributed by atoms with E-state index in [-0.39, 0.29) is 23.3 Å². The van der Waals surface area contributed by atoms with E-state index < -0.39 is 5.97 Å². The van der Waals surface area contributed by atoms with E-state index in [1.807, 2.05) is 13.0 Å². The Morgan fingerprint density at radius 1 is 1.40 bits per heavy atom. The van der Waals surface area contributed by atoms with Gasteiger partial charge >= 0.3 is 5.97 Å². The largest absolute Gasteiger partial charge is 0.461 e. The number of para-hydroxylation sites is 1. The van der Waals surface area contributed by atoms with Gasteiger partial charge in [-0.25, -0.2) is 14.2 Å². The third kappa shape index (κ3) is 3.15. The molecule has 0 unspecified atom stereocenters. The molecule has 2 heterocycles. The zero-order chi connectivity index (χ0) is 18.1. The Labute approximate surface area is 148 Å². The van der Waals surface area contributed by atoms with E-state index in [1.54, 1.807) is 31.0 Å². The Morgan fingerprint density at radius 3 is 2.84 bits per heavy atom. The number of carbonyl (C=O) groups is 1. The van der Waals surface area contributed by atoms with Crippen LogP contribution in [0.15, 0.2) is 30.3 Å². The highest BCUT2D eigenvalue weighted by atomic mass is 35.5. The summed E-state index contributed by atoms with van der Waals surface area (Å²) in [7, 11) is 1.70. The summed E-state index contributed by atoms with van der Waals surface area (Å²) in [6.45, 7) is 3.76. The molecule has 3 rings (SSSR count). The molecule has 0 spiro atoms. The van der Waals surface area contributed by atoms with Crippen LogP contribution in [0.1, 0.15) is 23.0 Å². The molecule has 6 nitrogen and oxygen atoms in total. The molecule has 0 saturated carbocycles. The first kappa shape index (κ1) is 17.2. The molecule has 0 fully saturated rings. The van der Waals surface area contributed by atoms with Gasteiger partial charge in [0.1, 0.15) is 16.8 Å². The molecule has 0 radical (unpaired) electrons. The Hall–Kier alpha value is -2.67. The standard InChI is InChI=1S/C17H16ClFN4O2/c1-4-25-17(24)12-8-14-20-13(18)9-15(23(14)21-12)22(3)16-10(2)6-5-7-11(16)19/h5-9H,4H2,1-3H3. The van der Waals surface area contributed by atoms with Crippen molar-refractivity contribution in [2.75, 3.05) is 18.6 Å². The fraction of sp³-hybridized carbons (Fsp3) is 0.235. The minimum absolute atomic E-state index is 0.108. The summed E-state index contributed by atoms with van der Waals surface area (Å²) in [4.78, 5) is 17.7.